The van der Waals surface area contributed by atoms with Crippen LogP contribution in [-0.4, -0.2) is 28.3 Å². The second-order valence-electron chi connectivity index (χ2n) is 2.66. The van der Waals surface area contributed by atoms with Crippen LogP contribution >= 0.6 is 47.3 Å². The number of hydrogen-bond donors (Lipinski definition) is 0. The summed E-state index contributed by atoms with van der Waals surface area (Å²) in [6.45, 7) is 0. The largest absolute Gasteiger partial charge is 0.494 e. The highest BCUT2D eigenvalue weighted by molar-refractivity contribution is 9.71. The van der Waals surface area contributed by atoms with Crippen molar-refractivity contribution >= 4 is 50.0 Å². The molecule has 5 heteroatoms. The monoisotopic (exact) mass is 307 g/mol. The zero-order valence-corrected chi connectivity index (χ0v) is 9.92. The molecule has 0 unspecified atom stereocenters. The standard InChI is InChI=1S/C3H9BBr3N/c1-8(2,3)4(5,6)7/h1-3H3. The van der Waals surface area contributed by atoms with Gasteiger partial charge >= 0.3 is 2.75 Å². The minimum absolute atomic E-state index is 0.771. The maximum absolute atomic E-state index is 3.47. The summed E-state index contributed by atoms with van der Waals surface area (Å²) < 4.78 is 0.0625. The second kappa shape index (κ2) is 2.60. The predicted molar refractivity (Wildman–Crippen MR) is 50.6 cm³/mol. The van der Waals surface area contributed by atoms with E-state index in [1.807, 2.05) is 0 Å². The van der Waals surface area contributed by atoms with Gasteiger partial charge in [-0.3, -0.25) is 0 Å². The van der Waals surface area contributed by atoms with Gasteiger partial charge in [-0.25, -0.2) is 47.3 Å². The molecule has 0 radical (unpaired) electrons. The van der Waals surface area contributed by atoms with E-state index in [0.717, 1.165) is 4.39 Å². The summed E-state index contributed by atoms with van der Waals surface area (Å²) in [6, 6.07) is 0. The molecule has 0 aromatic carbocycles. The highest BCUT2D eigenvalue weighted by Gasteiger charge is 2.28. The van der Waals surface area contributed by atoms with Crippen molar-refractivity contribution in [3.63, 3.8) is 0 Å². The van der Waals surface area contributed by atoms with Crippen LogP contribution in [-0.2, 0) is 0 Å². The first kappa shape index (κ1) is 9.46. The molecule has 8 heavy (non-hydrogen) atoms. The molecule has 0 saturated heterocycles. The van der Waals surface area contributed by atoms with E-state index >= 15 is 0 Å². The smallest absolute Gasteiger partial charge is 0.390 e. The molecule has 0 heterocycles. The molecule has 0 aliphatic carbocycles. The lowest BCUT2D eigenvalue weighted by Crippen LogP contribution is -2.48. The van der Waals surface area contributed by atoms with Gasteiger partial charge in [0.25, 0.3) is 0 Å². The summed E-state index contributed by atoms with van der Waals surface area (Å²) in [7, 11) is 6.29. The van der Waals surface area contributed by atoms with Crippen molar-refractivity contribution in [1.29, 1.82) is 0 Å². The normalized spacial score (nSPS) is 14.2. The van der Waals surface area contributed by atoms with Crippen molar-refractivity contribution in [3.8, 4) is 0 Å². The third kappa shape index (κ3) is 2.85. The third-order valence-corrected chi connectivity index (χ3v) is 4.56. The van der Waals surface area contributed by atoms with E-state index in [1.165, 1.54) is 0 Å². The van der Waals surface area contributed by atoms with Crippen LogP contribution in [0.4, 0.5) is 0 Å². The van der Waals surface area contributed by atoms with E-state index in [4.69, 9.17) is 0 Å². The lowest BCUT2D eigenvalue weighted by Gasteiger charge is -2.42. The Kier molecular flexibility index (Phi) is 3.08. The van der Waals surface area contributed by atoms with Crippen LogP contribution in [0.2, 0.25) is 0 Å². The highest BCUT2D eigenvalue weighted by atomic mass is 79.9. The van der Waals surface area contributed by atoms with Crippen LogP contribution in [0.15, 0.2) is 0 Å². The summed E-state index contributed by atoms with van der Waals surface area (Å²) >= 11 is 10.4. The van der Waals surface area contributed by atoms with Crippen LogP contribution in [0, 0.1) is 0 Å². The molecule has 0 aliphatic heterocycles. The lowest BCUT2D eigenvalue weighted by atomic mass is 10.3. The molecule has 0 aromatic rings. The minimum atomic E-state index is -0.771. The Morgan fingerprint density at radius 1 is 1.00 bits per heavy atom. The number of rotatable bonds is 1. The molecular formula is C3H9BBr3N. The average Bonchev–Trinajstić information content (AvgIpc) is 1.25. The Balaban J connectivity index is 4.02. The summed E-state index contributed by atoms with van der Waals surface area (Å²) in [5, 5.41) is 0. The van der Waals surface area contributed by atoms with Gasteiger partial charge in [-0.05, 0) is 0 Å². The van der Waals surface area contributed by atoms with Crippen LogP contribution in [0.5, 0.6) is 0 Å². The number of hydrogen-bond acceptors (Lipinski definition) is 0. The van der Waals surface area contributed by atoms with E-state index in [0.29, 0.717) is 0 Å². The van der Waals surface area contributed by atoms with Crippen LogP contribution < -0.4 is 0 Å². The lowest BCUT2D eigenvalue weighted by molar-refractivity contribution is -0.755. The number of quaternary nitrogens is 1. The molecule has 1 nitrogen and oxygen atoms in total. The maximum atomic E-state index is 3.47. The van der Waals surface area contributed by atoms with Gasteiger partial charge < -0.3 is 4.39 Å². The van der Waals surface area contributed by atoms with Crippen molar-refractivity contribution in [2.45, 2.75) is 0 Å². The van der Waals surface area contributed by atoms with Gasteiger partial charge in [0.05, 0.1) is 0 Å². The fraction of sp³-hybridized carbons (Fsp3) is 1.00. The zero-order chi connectivity index (χ0) is 7.00. The Labute approximate surface area is 75.2 Å². The van der Waals surface area contributed by atoms with Crippen LogP contribution in [0.1, 0.15) is 0 Å². The van der Waals surface area contributed by atoms with Gasteiger partial charge in [0.2, 0.25) is 0 Å². The second-order valence-corrected chi connectivity index (χ2v) is 10.3. The van der Waals surface area contributed by atoms with Crippen molar-refractivity contribution in [2.24, 2.45) is 0 Å². The van der Waals surface area contributed by atoms with Gasteiger partial charge in [0, 0.05) is 21.1 Å². The van der Waals surface area contributed by atoms with Crippen LogP contribution in [0.25, 0.3) is 0 Å². The molecule has 50 valence electrons. The fourth-order valence-electron chi connectivity index (χ4n) is 0. The molecule has 0 aromatic heterocycles. The quantitative estimate of drug-likeness (QED) is 0.652. The maximum Gasteiger partial charge on any atom is 0.390 e. The molecule has 0 saturated carbocycles. The van der Waals surface area contributed by atoms with Crippen molar-refractivity contribution < 1.29 is 4.39 Å². The SMILES string of the molecule is C[N+](C)(C)[B-](Br)(Br)Br. The fourth-order valence-corrected chi connectivity index (χ4v) is 0. The predicted octanol–water partition coefficient (Wildman–Crippen LogP) is 2.31. The summed E-state index contributed by atoms with van der Waals surface area (Å²) in [4.78, 5) is 0. The Hall–Kier alpha value is 1.46. The highest BCUT2D eigenvalue weighted by Crippen LogP contribution is 2.33. The van der Waals surface area contributed by atoms with Gasteiger partial charge in [-0.2, -0.15) is 0 Å². The van der Waals surface area contributed by atoms with E-state index in [-0.39, 0.29) is 0 Å². The molecule has 0 spiro atoms. The van der Waals surface area contributed by atoms with E-state index in [2.05, 4.69) is 68.4 Å². The number of halogens is 3. The Bertz CT molecular complexity index is 69.5. The molecule has 0 amide bonds. The summed E-state index contributed by atoms with van der Waals surface area (Å²) in [6.07, 6.45) is 0. The van der Waals surface area contributed by atoms with Gasteiger partial charge in [0.1, 0.15) is 0 Å². The summed E-state index contributed by atoms with van der Waals surface area (Å²) in [5.41, 5.74) is 0. The van der Waals surface area contributed by atoms with Gasteiger partial charge in [0.15, 0.2) is 0 Å². The van der Waals surface area contributed by atoms with Crippen molar-refractivity contribution in [3.05, 3.63) is 0 Å². The van der Waals surface area contributed by atoms with Gasteiger partial charge in [-0.1, -0.05) is 0 Å². The Morgan fingerprint density at radius 3 is 1.12 bits per heavy atom. The first-order valence-corrected chi connectivity index (χ1v) is 5.00. The molecular weight excluding hydrogens is 301 g/mol. The first-order chi connectivity index (χ1) is 3.25. The minimum Gasteiger partial charge on any atom is -0.494 e. The first-order valence-electron chi connectivity index (χ1n) is 2.25. The number of nitrogens with zero attached hydrogens (tertiary/aromatic N) is 1. The van der Waals surface area contributed by atoms with Crippen LogP contribution in [0.3, 0.4) is 0 Å². The molecule has 0 rings (SSSR count). The summed E-state index contributed by atoms with van der Waals surface area (Å²) in [5.74, 6) is 0. The Morgan fingerprint density at radius 2 is 1.12 bits per heavy atom. The third-order valence-electron chi connectivity index (χ3n) is 0.878. The molecule has 0 bridgehead atoms. The molecule has 0 fully saturated rings. The van der Waals surface area contributed by atoms with Crippen molar-refractivity contribution in [1.82, 2.24) is 0 Å². The average molecular weight is 310 g/mol. The van der Waals surface area contributed by atoms with E-state index < -0.39 is 2.75 Å². The molecule has 0 aliphatic rings. The topological polar surface area (TPSA) is 0 Å². The molecule has 0 N–H and O–H groups in total. The van der Waals surface area contributed by atoms with E-state index in [9.17, 15) is 0 Å². The molecule has 0 atom stereocenters. The van der Waals surface area contributed by atoms with E-state index in [1.54, 1.807) is 0 Å². The van der Waals surface area contributed by atoms with Gasteiger partial charge in [-0.15, -0.1) is 0 Å². The van der Waals surface area contributed by atoms with Crippen molar-refractivity contribution in [2.75, 3.05) is 21.1 Å². The zero-order valence-electron chi connectivity index (χ0n) is 5.16.